The fourth-order valence-electron chi connectivity index (χ4n) is 10.2. The molecule has 0 unspecified atom stereocenters. The Morgan fingerprint density at radius 2 is 0.781 bits per heavy atom. The molecule has 0 radical (unpaired) electrons. The summed E-state index contributed by atoms with van der Waals surface area (Å²) >= 11 is 0. The minimum atomic E-state index is 0.974. The van der Waals surface area contributed by atoms with Crippen molar-refractivity contribution in [3.8, 4) is 33.6 Å². The summed E-state index contributed by atoms with van der Waals surface area (Å²) in [5, 5.41) is 6.25. The lowest BCUT2D eigenvalue weighted by molar-refractivity contribution is 0.596. The molecule has 0 atom stereocenters. The second-order valence-electron chi connectivity index (χ2n) is 16.8. The Morgan fingerprint density at radius 1 is 0.375 bits per heavy atom. The Balaban J connectivity index is 0.879. The van der Waals surface area contributed by atoms with Crippen molar-refractivity contribution in [2.24, 2.45) is 0 Å². The van der Waals surface area contributed by atoms with Crippen LogP contribution in [0.3, 0.4) is 0 Å². The van der Waals surface area contributed by atoms with Crippen LogP contribution in [0.25, 0.3) is 94.3 Å². The molecular weight excluding hydrogens is 779 g/mol. The Labute approximate surface area is 370 Å². The van der Waals surface area contributed by atoms with Crippen LogP contribution < -0.4 is 4.90 Å². The average molecular weight is 820 g/mol. The Hall–Kier alpha value is -8.34. The van der Waals surface area contributed by atoms with E-state index in [1.807, 2.05) is 0 Å². The Kier molecular flexibility index (Phi) is 8.31. The predicted molar refractivity (Wildman–Crippen MR) is 268 cm³/mol. The summed E-state index contributed by atoms with van der Waals surface area (Å²) in [5.74, 6) is 0.998. The van der Waals surface area contributed by atoms with Crippen LogP contribution in [0, 0.1) is 0 Å². The normalized spacial score (nSPS) is 12.5. The van der Waals surface area contributed by atoms with Gasteiger partial charge in [0.2, 0.25) is 0 Å². The highest BCUT2D eigenvalue weighted by molar-refractivity contribution is 6.10. The molecular formula is C60H41N3O. The SMILES string of the molecule is C1=Cc2oc3c(-c4ccc(-c5ccc(N(c6ccc(-n7c8ccccc8c8ccccc87)cc6)c6ccc(-n7c8ccccc8c8ccccc87)cc6)cc5)cc4)cccc3c2CC1. The first-order valence-corrected chi connectivity index (χ1v) is 22.1. The molecule has 0 fully saturated rings. The number of anilines is 3. The molecule has 64 heavy (non-hydrogen) atoms. The zero-order chi connectivity index (χ0) is 42.1. The van der Waals surface area contributed by atoms with Gasteiger partial charge < -0.3 is 18.5 Å². The molecule has 1 aliphatic rings. The topological polar surface area (TPSA) is 26.2 Å². The van der Waals surface area contributed by atoms with E-state index < -0.39 is 0 Å². The highest BCUT2D eigenvalue weighted by Gasteiger charge is 2.19. The van der Waals surface area contributed by atoms with E-state index in [4.69, 9.17) is 4.42 Å². The molecule has 302 valence electrons. The summed E-state index contributed by atoms with van der Waals surface area (Å²) in [6.07, 6.45) is 6.41. The predicted octanol–water partition coefficient (Wildman–Crippen LogP) is 16.4. The first kappa shape index (κ1) is 36.3. The third-order valence-electron chi connectivity index (χ3n) is 13.2. The van der Waals surface area contributed by atoms with Crippen LogP contribution in [0.15, 0.2) is 223 Å². The lowest BCUT2D eigenvalue weighted by Crippen LogP contribution is -2.10. The van der Waals surface area contributed by atoms with Gasteiger partial charge in [0.15, 0.2) is 0 Å². The number of hydrogen-bond acceptors (Lipinski definition) is 2. The van der Waals surface area contributed by atoms with Gasteiger partial charge in [-0.2, -0.15) is 0 Å². The first-order chi connectivity index (χ1) is 31.7. The highest BCUT2D eigenvalue weighted by Crippen LogP contribution is 2.41. The molecule has 3 heterocycles. The molecule has 0 aliphatic heterocycles. The number of benzene rings is 9. The molecule has 1 aliphatic carbocycles. The van der Waals surface area contributed by atoms with Crippen LogP contribution in [0.4, 0.5) is 17.1 Å². The number of allylic oxidation sites excluding steroid dienone is 1. The number of nitrogens with zero attached hydrogens (tertiary/aromatic N) is 3. The summed E-state index contributed by atoms with van der Waals surface area (Å²) < 4.78 is 11.2. The standard InChI is InChI=1S/C60H41N3O/c1-6-19-55-49(12-1)50-13-2-7-20-56(50)62(55)46-36-32-44(33-37-46)61(45-34-38-47(39-35-45)63-57-21-8-3-14-51(57)52-15-4-9-22-58(52)63)43-30-28-41(29-31-43)40-24-26-42(27-25-40)48-17-11-18-54-53-16-5-10-23-59(53)64-60(48)54/h1-4,6-15,17-39H,5,16H2. The number of fused-ring (bicyclic) bond motifs is 9. The number of aryl methyl sites for hydroxylation is 1. The van der Waals surface area contributed by atoms with Gasteiger partial charge in [0.25, 0.3) is 0 Å². The van der Waals surface area contributed by atoms with E-state index in [9.17, 15) is 0 Å². The monoisotopic (exact) mass is 819 g/mol. The van der Waals surface area contributed by atoms with Gasteiger partial charge in [0.1, 0.15) is 11.3 Å². The maximum absolute atomic E-state index is 6.42. The lowest BCUT2D eigenvalue weighted by atomic mass is 9.96. The van der Waals surface area contributed by atoms with Gasteiger partial charge in [-0.3, -0.25) is 0 Å². The van der Waals surface area contributed by atoms with E-state index in [2.05, 4.69) is 239 Å². The summed E-state index contributed by atoms with van der Waals surface area (Å²) in [7, 11) is 0. The maximum Gasteiger partial charge on any atom is 0.142 e. The Bertz CT molecular complexity index is 3490. The summed E-state index contributed by atoms with van der Waals surface area (Å²) in [4.78, 5) is 2.36. The molecule has 0 spiro atoms. The molecule has 9 aromatic carbocycles. The third kappa shape index (κ3) is 5.76. The van der Waals surface area contributed by atoms with E-state index in [-0.39, 0.29) is 0 Å². The van der Waals surface area contributed by atoms with Crippen LogP contribution in [-0.2, 0) is 6.42 Å². The molecule has 0 saturated carbocycles. The van der Waals surface area contributed by atoms with Crippen LogP contribution in [0.2, 0.25) is 0 Å². The molecule has 4 nitrogen and oxygen atoms in total. The second-order valence-corrected chi connectivity index (χ2v) is 16.8. The molecule has 0 saturated heterocycles. The van der Waals surface area contributed by atoms with Crippen molar-refractivity contribution in [2.75, 3.05) is 4.90 Å². The fraction of sp³-hybridized carbons (Fsp3) is 0.0333. The van der Waals surface area contributed by atoms with Crippen molar-refractivity contribution in [2.45, 2.75) is 12.8 Å². The van der Waals surface area contributed by atoms with Crippen molar-refractivity contribution in [1.82, 2.24) is 9.13 Å². The van der Waals surface area contributed by atoms with Crippen molar-refractivity contribution in [3.05, 3.63) is 230 Å². The second kappa shape index (κ2) is 14.6. The van der Waals surface area contributed by atoms with E-state index >= 15 is 0 Å². The quantitative estimate of drug-likeness (QED) is 0.160. The van der Waals surface area contributed by atoms with E-state index in [1.165, 1.54) is 60.1 Å². The molecule has 4 heteroatoms. The van der Waals surface area contributed by atoms with Gasteiger partial charge >= 0.3 is 0 Å². The molecule has 0 bridgehead atoms. The zero-order valence-electron chi connectivity index (χ0n) is 35.0. The molecule has 3 aromatic heterocycles. The smallest absolute Gasteiger partial charge is 0.142 e. The highest BCUT2D eigenvalue weighted by atomic mass is 16.3. The fourth-order valence-corrected chi connectivity index (χ4v) is 10.2. The average Bonchev–Trinajstić information content (AvgIpc) is 4.03. The van der Waals surface area contributed by atoms with Crippen LogP contribution >= 0.6 is 0 Å². The number of para-hydroxylation sites is 5. The third-order valence-corrected chi connectivity index (χ3v) is 13.2. The van der Waals surface area contributed by atoms with Gasteiger partial charge in [-0.15, -0.1) is 0 Å². The Morgan fingerprint density at radius 3 is 1.27 bits per heavy atom. The number of hydrogen-bond donors (Lipinski definition) is 0. The van der Waals surface area contributed by atoms with Crippen LogP contribution in [0.5, 0.6) is 0 Å². The number of furan rings is 1. The summed E-state index contributed by atoms with van der Waals surface area (Å²) in [6.45, 7) is 0. The lowest BCUT2D eigenvalue weighted by Gasteiger charge is -2.26. The van der Waals surface area contributed by atoms with E-state index in [1.54, 1.807) is 0 Å². The van der Waals surface area contributed by atoms with Gasteiger partial charge in [-0.05, 0) is 121 Å². The van der Waals surface area contributed by atoms with Gasteiger partial charge in [0, 0.05) is 66.5 Å². The maximum atomic E-state index is 6.42. The van der Waals surface area contributed by atoms with E-state index in [0.29, 0.717) is 0 Å². The molecule has 13 rings (SSSR count). The van der Waals surface area contributed by atoms with Crippen LogP contribution in [0.1, 0.15) is 17.7 Å². The van der Waals surface area contributed by atoms with Gasteiger partial charge in [0.05, 0.1) is 22.1 Å². The molecule has 0 N–H and O–H groups in total. The van der Waals surface area contributed by atoms with Crippen molar-refractivity contribution in [1.29, 1.82) is 0 Å². The summed E-state index contributed by atoms with van der Waals surface area (Å²) in [6, 6.07) is 77.1. The van der Waals surface area contributed by atoms with Crippen molar-refractivity contribution < 1.29 is 4.42 Å². The zero-order valence-corrected chi connectivity index (χ0v) is 35.0. The van der Waals surface area contributed by atoms with Gasteiger partial charge in [-0.1, -0.05) is 133 Å². The number of rotatable bonds is 7. The minimum Gasteiger partial charge on any atom is -0.456 e. The van der Waals surface area contributed by atoms with Crippen molar-refractivity contribution >= 4 is 77.7 Å². The van der Waals surface area contributed by atoms with Crippen molar-refractivity contribution in [3.63, 3.8) is 0 Å². The minimum absolute atomic E-state index is 0.974. The number of aromatic nitrogens is 2. The largest absolute Gasteiger partial charge is 0.456 e. The molecule has 0 amide bonds. The van der Waals surface area contributed by atoms with Gasteiger partial charge in [-0.25, -0.2) is 0 Å². The molecule has 12 aromatic rings. The van der Waals surface area contributed by atoms with E-state index in [0.717, 1.165) is 69.3 Å². The van der Waals surface area contributed by atoms with Crippen LogP contribution in [-0.4, -0.2) is 9.13 Å². The first-order valence-electron chi connectivity index (χ1n) is 22.1. The summed E-state index contributed by atoms with van der Waals surface area (Å²) in [5.41, 5.74) is 17.2.